The normalized spacial score (nSPS) is 13.9. The Morgan fingerprint density at radius 1 is 1.23 bits per heavy atom. The fourth-order valence-corrected chi connectivity index (χ4v) is 3.88. The molecule has 2 rings (SSSR count). The average molecular weight is 340 g/mol. The first-order valence-corrected chi connectivity index (χ1v) is 9.39. The first-order chi connectivity index (χ1) is 10.7. The highest BCUT2D eigenvalue weighted by molar-refractivity contribution is 7.80. The van der Waals surface area contributed by atoms with Crippen molar-refractivity contribution in [1.29, 1.82) is 0 Å². The van der Waals surface area contributed by atoms with E-state index in [1.807, 2.05) is 6.07 Å². The first kappa shape index (κ1) is 17.2. The van der Waals surface area contributed by atoms with Crippen LogP contribution in [0.15, 0.2) is 6.07 Å². The van der Waals surface area contributed by atoms with Gasteiger partial charge in [-0.15, -0.1) is 11.3 Å². The zero-order valence-electron chi connectivity index (χ0n) is 13.2. The van der Waals surface area contributed by atoms with Crippen molar-refractivity contribution < 1.29 is 4.79 Å². The molecule has 1 heterocycles. The molecule has 1 aromatic rings. The molecule has 0 saturated carbocycles. The van der Waals surface area contributed by atoms with Crippen molar-refractivity contribution in [2.45, 2.75) is 58.3 Å². The topological polar surface area (TPSA) is 53.2 Å². The number of carbonyl (C=O) groups excluding carboxylic acids is 1. The SMILES string of the molecule is CCCCCNC(=S)NNC(=O)c1cc2c(s1)CCCCC2. The van der Waals surface area contributed by atoms with Gasteiger partial charge in [0, 0.05) is 11.4 Å². The van der Waals surface area contributed by atoms with Crippen molar-refractivity contribution in [1.82, 2.24) is 16.2 Å². The highest BCUT2D eigenvalue weighted by atomic mass is 32.1. The predicted octanol–water partition coefficient (Wildman–Crippen LogP) is 3.32. The second kappa shape index (κ2) is 9.10. The number of unbranched alkanes of at least 4 members (excludes halogenated alkanes) is 2. The summed E-state index contributed by atoms with van der Waals surface area (Å²) >= 11 is 6.76. The third kappa shape index (κ3) is 5.25. The Hall–Kier alpha value is -1.14. The molecule has 0 unspecified atom stereocenters. The lowest BCUT2D eigenvalue weighted by Crippen LogP contribution is -2.46. The van der Waals surface area contributed by atoms with Crippen LogP contribution in [0.2, 0.25) is 0 Å². The van der Waals surface area contributed by atoms with E-state index >= 15 is 0 Å². The van der Waals surface area contributed by atoms with Crippen molar-refractivity contribution in [3.8, 4) is 0 Å². The molecular weight excluding hydrogens is 314 g/mol. The first-order valence-electron chi connectivity index (χ1n) is 8.16. The van der Waals surface area contributed by atoms with E-state index in [4.69, 9.17) is 12.2 Å². The van der Waals surface area contributed by atoms with Crippen molar-refractivity contribution in [3.05, 3.63) is 21.4 Å². The number of hydrogen-bond acceptors (Lipinski definition) is 3. The Morgan fingerprint density at radius 2 is 2.05 bits per heavy atom. The van der Waals surface area contributed by atoms with E-state index in [0.29, 0.717) is 5.11 Å². The monoisotopic (exact) mass is 339 g/mol. The van der Waals surface area contributed by atoms with Crippen LogP contribution in [-0.4, -0.2) is 17.6 Å². The number of fused-ring (bicyclic) bond motifs is 1. The second-order valence-electron chi connectivity index (χ2n) is 5.66. The molecular formula is C16H25N3OS2. The molecule has 0 aromatic carbocycles. The van der Waals surface area contributed by atoms with Gasteiger partial charge in [0.25, 0.3) is 5.91 Å². The third-order valence-electron chi connectivity index (χ3n) is 3.83. The molecule has 3 N–H and O–H groups in total. The average Bonchev–Trinajstić information content (AvgIpc) is 2.80. The number of nitrogens with one attached hydrogen (secondary N) is 3. The lowest BCUT2D eigenvalue weighted by atomic mass is 10.1. The van der Waals surface area contributed by atoms with Gasteiger partial charge in [-0.25, -0.2) is 0 Å². The van der Waals surface area contributed by atoms with Crippen LogP contribution in [0.4, 0.5) is 0 Å². The van der Waals surface area contributed by atoms with Gasteiger partial charge >= 0.3 is 0 Å². The quantitative estimate of drug-likeness (QED) is 0.333. The minimum absolute atomic E-state index is 0.101. The summed E-state index contributed by atoms with van der Waals surface area (Å²) < 4.78 is 0. The van der Waals surface area contributed by atoms with Crippen LogP contribution in [0.3, 0.4) is 0 Å². The van der Waals surface area contributed by atoms with Gasteiger partial charge in [0.2, 0.25) is 0 Å². The molecule has 0 aliphatic heterocycles. The van der Waals surface area contributed by atoms with E-state index in [1.54, 1.807) is 11.3 Å². The Bertz CT molecular complexity index is 490. The number of rotatable bonds is 5. The van der Waals surface area contributed by atoms with Gasteiger partial charge in [-0.1, -0.05) is 26.2 Å². The fourth-order valence-electron chi connectivity index (χ4n) is 2.58. The number of hydrogen-bond donors (Lipinski definition) is 3. The zero-order chi connectivity index (χ0) is 15.8. The smallest absolute Gasteiger partial charge is 0.279 e. The van der Waals surface area contributed by atoms with Gasteiger partial charge in [-0.05, 0) is 56.0 Å². The van der Waals surface area contributed by atoms with Crippen molar-refractivity contribution >= 4 is 34.6 Å². The predicted molar refractivity (Wildman–Crippen MR) is 96.3 cm³/mol. The minimum Gasteiger partial charge on any atom is -0.361 e. The van der Waals surface area contributed by atoms with Gasteiger partial charge < -0.3 is 5.32 Å². The summed E-state index contributed by atoms with van der Waals surface area (Å²) in [7, 11) is 0. The maximum absolute atomic E-state index is 12.2. The molecule has 0 bridgehead atoms. The Kier molecular flexibility index (Phi) is 7.12. The van der Waals surface area contributed by atoms with E-state index in [9.17, 15) is 4.79 Å². The van der Waals surface area contributed by atoms with Crippen LogP contribution in [0.1, 0.15) is 65.6 Å². The summed E-state index contributed by atoms with van der Waals surface area (Å²) in [6.07, 6.45) is 9.42. The second-order valence-corrected chi connectivity index (χ2v) is 7.21. The summed E-state index contributed by atoms with van der Waals surface area (Å²) in [5.41, 5.74) is 6.81. The molecule has 1 aliphatic rings. The number of hydrazine groups is 1. The van der Waals surface area contributed by atoms with Gasteiger partial charge in [0.1, 0.15) is 0 Å². The van der Waals surface area contributed by atoms with E-state index < -0.39 is 0 Å². The van der Waals surface area contributed by atoms with E-state index in [2.05, 4.69) is 23.1 Å². The van der Waals surface area contributed by atoms with Crippen LogP contribution < -0.4 is 16.2 Å². The molecule has 0 spiro atoms. The summed E-state index contributed by atoms with van der Waals surface area (Å²) in [6.45, 7) is 3.00. The largest absolute Gasteiger partial charge is 0.361 e. The highest BCUT2D eigenvalue weighted by Gasteiger charge is 2.16. The summed E-state index contributed by atoms with van der Waals surface area (Å²) in [5, 5.41) is 3.57. The molecule has 0 atom stereocenters. The Balaban J connectivity index is 1.76. The van der Waals surface area contributed by atoms with Crippen molar-refractivity contribution in [3.63, 3.8) is 0 Å². The highest BCUT2D eigenvalue weighted by Crippen LogP contribution is 2.28. The standard InChI is InChI=1S/C16H25N3OS2/c1-2-3-7-10-17-16(21)19-18-15(20)14-11-12-8-5-4-6-9-13(12)22-14/h11H,2-10H2,1H3,(H,18,20)(H2,17,19,21). The zero-order valence-corrected chi connectivity index (χ0v) is 14.8. The molecule has 122 valence electrons. The fraction of sp³-hybridized carbons (Fsp3) is 0.625. The molecule has 22 heavy (non-hydrogen) atoms. The maximum Gasteiger partial charge on any atom is 0.279 e. The Morgan fingerprint density at radius 3 is 2.86 bits per heavy atom. The Labute approximate surface area is 142 Å². The van der Waals surface area contributed by atoms with Gasteiger partial charge in [0.05, 0.1) is 4.88 Å². The van der Waals surface area contributed by atoms with Gasteiger partial charge in [-0.2, -0.15) is 0 Å². The molecule has 0 fully saturated rings. The van der Waals surface area contributed by atoms with Crippen molar-refractivity contribution in [2.24, 2.45) is 0 Å². The van der Waals surface area contributed by atoms with Crippen LogP contribution in [0.5, 0.6) is 0 Å². The van der Waals surface area contributed by atoms with Crippen LogP contribution >= 0.6 is 23.6 Å². The third-order valence-corrected chi connectivity index (χ3v) is 5.31. The van der Waals surface area contributed by atoms with E-state index in [1.165, 1.54) is 42.5 Å². The summed E-state index contributed by atoms with van der Waals surface area (Å²) in [6, 6.07) is 2.04. The molecule has 1 aromatic heterocycles. The van der Waals surface area contributed by atoms with E-state index in [-0.39, 0.29) is 5.91 Å². The van der Waals surface area contributed by atoms with Crippen LogP contribution in [0, 0.1) is 0 Å². The molecule has 6 heteroatoms. The lowest BCUT2D eigenvalue weighted by molar-refractivity contribution is 0.0947. The number of amides is 1. The van der Waals surface area contributed by atoms with Crippen molar-refractivity contribution in [2.75, 3.05) is 6.54 Å². The van der Waals surface area contributed by atoms with Gasteiger partial charge in [0.15, 0.2) is 5.11 Å². The maximum atomic E-state index is 12.2. The van der Waals surface area contributed by atoms with Crippen LogP contribution in [-0.2, 0) is 12.8 Å². The number of thiophene rings is 1. The molecule has 0 saturated heterocycles. The summed E-state index contributed by atoms with van der Waals surface area (Å²) in [5.74, 6) is -0.101. The van der Waals surface area contributed by atoms with Crippen LogP contribution in [0.25, 0.3) is 0 Å². The summed E-state index contributed by atoms with van der Waals surface area (Å²) in [4.78, 5) is 14.3. The minimum atomic E-state index is -0.101. The lowest BCUT2D eigenvalue weighted by Gasteiger charge is -2.10. The number of carbonyl (C=O) groups is 1. The molecule has 1 aliphatic carbocycles. The number of aryl methyl sites for hydroxylation is 2. The molecule has 4 nitrogen and oxygen atoms in total. The van der Waals surface area contributed by atoms with Gasteiger partial charge in [-0.3, -0.25) is 15.6 Å². The molecule has 1 amide bonds. The number of thiocarbonyl (C=S) groups is 1. The molecule has 0 radical (unpaired) electrons. The van der Waals surface area contributed by atoms with E-state index in [0.717, 1.165) is 30.7 Å².